The van der Waals surface area contributed by atoms with E-state index in [-0.39, 0.29) is 23.9 Å². The highest BCUT2D eigenvalue weighted by molar-refractivity contribution is 5.95. The van der Waals surface area contributed by atoms with Gasteiger partial charge in [-0.05, 0) is 30.9 Å². The van der Waals surface area contributed by atoms with Crippen LogP contribution in [0.3, 0.4) is 0 Å². The van der Waals surface area contributed by atoms with Gasteiger partial charge in [-0.15, -0.1) is 0 Å². The highest BCUT2D eigenvalue weighted by atomic mass is 16.6. The lowest BCUT2D eigenvalue weighted by atomic mass is 9.80. The molecule has 0 spiro atoms. The first kappa shape index (κ1) is 16.6. The molecule has 2 amide bonds. The Balaban J connectivity index is 1.25. The summed E-state index contributed by atoms with van der Waals surface area (Å²) in [5, 5.41) is 0. The van der Waals surface area contributed by atoms with E-state index in [2.05, 4.69) is 10.9 Å². The molecule has 1 aromatic rings. The molecule has 5 atom stereocenters. The summed E-state index contributed by atoms with van der Waals surface area (Å²) in [5.41, 5.74) is 4.83. The average molecular weight is 358 g/mol. The van der Waals surface area contributed by atoms with Crippen LogP contribution in [0.15, 0.2) is 30.3 Å². The van der Waals surface area contributed by atoms with E-state index < -0.39 is 36.2 Å². The number of carbonyl (C=O) groups is 4. The topological polar surface area (TPSA) is 111 Å². The van der Waals surface area contributed by atoms with Crippen LogP contribution in [0.4, 0.5) is 0 Å². The maximum Gasteiger partial charge on any atom is 0.310 e. The normalized spacial score (nSPS) is 30.6. The molecule has 0 radical (unpaired) electrons. The van der Waals surface area contributed by atoms with Crippen molar-refractivity contribution in [3.8, 4) is 0 Å². The third kappa shape index (κ3) is 2.81. The molecular formula is C18H18N2O6. The molecule has 8 nitrogen and oxygen atoms in total. The number of hydrogen-bond donors (Lipinski definition) is 2. The summed E-state index contributed by atoms with van der Waals surface area (Å²) in [5.74, 6) is -2.80. The zero-order valence-corrected chi connectivity index (χ0v) is 13.8. The predicted molar refractivity (Wildman–Crippen MR) is 86.1 cm³/mol. The van der Waals surface area contributed by atoms with Crippen LogP contribution in [-0.2, 0) is 23.9 Å². The van der Waals surface area contributed by atoms with Gasteiger partial charge in [0.05, 0.1) is 11.8 Å². The molecule has 3 fully saturated rings. The third-order valence-corrected chi connectivity index (χ3v) is 5.45. The van der Waals surface area contributed by atoms with Gasteiger partial charge < -0.3 is 9.47 Å². The smallest absolute Gasteiger partial charge is 0.310 e. The Labute approximate surface area is 149 Å². The molecule has 1 heterocycles. The fourth-order valence-electron chi connectivity index (χ4n) is 4.38. The van der Waals surface area contributed by atoms with E-state index in [0.717, 1.165) is 6.42 Å². The van der Waals surface area contributed by atoms with Crippen LogP contribution < -0.4 is 10.9 Å². The first-order chi connectivity index (χ1) is 12.5. The van der Waals surface area contributed by atoms with Gasteiger partial charge >= 0.3 is 11.9 Å². The molecule has 2 aliphatic carbocycles. The van der Waals surface area contributed by atoms with Crippen molar-refractivity contribution < 1.29 is 28.7 Å². The lowest BCUT2D eigenvalue weighted by molar-refractivity contribution is -0.158. The molecule has 0 unspecified atom stereocenters. The maximum absolute atomic E-state index is 12.3. The van der Waals surface area contributed by atoms with Crippen LogP contribution in [0.25, 0.3) is 0 Å². The summed E-state index contributed by atoms with van der Waals surface area (Å²) < 4.78 is 10.3. The van der Waals surface area contributed by atoms with Crippen molar-refractivity contribution in [1.29, 1.82) is 0 Å². The summed E-state index contributed by atoms with van der Waals surface area (Å²) in [6.45, 7) is -0.521. The quantitative estimate of drug-likeness (QED) is 0.587. The summed E-state index contributed by atoms with van der Waals surface area (Å²) in [6, 6.07) is 8.38. The fourth-order valence-corrected chi connectivity index (χ4v) is 4.38. The number of nitrogens with one attached hydrogen (secondary N) is 2. The fraction of sp³-hybridized carbons (Fsp3) is 0.444. The van der Waals surface area contributed by atoms with Crippen LogP contribution in [-0.4, -0.2) is 36.5 Å². The van der Waals surface area contributed by atoms with Crippen LogP contribution in [0.5, 0.6) is 0 Å². The molecule has 136 valence electrons. The molecule has 3 aliphatic rings. The number of fused-ring (bicyclic) bond motifs is 1. The molecule has 4 rings (SSSR count). The molecular weight excluding hydrogens is 340 g/mol. The number of rotatable bonds is 4. The van der Waals surface area contributed by atoms with Crippen molar-refractivity contribution in [3.05, 3.63) is 35.9 Å². The van der Waals surface area contributed by atoms with Gasteiger partial charge in [-0.2, -0.15) is 0 Å². The summed E-state index contributed by atoms with van der Waals surface area (Å²) in [6.07, 6.45) is 1.42. The number of hydrazine groups is 1. The lowest BCUT2D eigenvalue weighted by Gasteiger charge is -2.22. The Hall–Kier alpha value is -2.90. The van der Waals surface area contributed by atoms with E-state index in [4.69, 9.17) is 9.47 Å². The van der Waals surface area contributed by atoms with E-state index in [1.165, 1.54) is 0 Å². The van der Waals surface area contributed by atoms with Gasteiger partial charge in [-0.25, -0.2) is 0 Å². The van der Waals surface area contributed by atoms with Crippen molar-refractivity contribution in [1.82, 2.24) is 10.9 Å². The van der Waals surface area contributed by atoms with E-state index in [1.54, 1.807) is 30.3 Å². The van der Waals surface area contributed by atoms with Crippen molar-refractivity contribution in [2.24, 2.45) is 23.7 Å². The van der Waals surface area contributed by atoms with Crippen molar-refractivity contribution >= 4 is 23.8 Å². The average Bonchev–Trinajstić information content (AvgIpc) is 3.27. The number of amides is 2. The minimum Gasteiger partial charge on any atom is -0.462 e. The molecule has 2 bridgehead atoms. The standard InChI is InChI=1S/C18H18N2O6/c21-13(19-20-16(22)9-4-2-1-3-5-9)8-25-17(23)14-10-6-11-12(7-10)26-18(24)15(11)14/h1-5,10-12,14-15H,6-8H2,(H,19,21)(H,20,22)/t10-,11+,12+,14-,15+/m1/s1. The van der Waals surface area contributed by atoms with Gasteiger partial charge in [0.1, 0.15) is 6.10 Å². The van der Waals surface area contributed by atoms with Crippen molar-refractivity contribution in [3.63, 3.8) is 0 Å². The number of carbonyl (C=O) groups excluding carboxylic acids is 4. The zero-order chi connectivity index (χ0) is 18.3. The molecule has 8 heteroatoms. The van der Waals surface area contributed by atoms with E-state index in [1.807, 2.05) is 0 Å². The lowest BCUT2D eigenvalue weighted by Crippen LogP contribution is -2.44. The molecule has 1 saturated heterocycles. The zero-order valence-electron chi connectivity index (χ0n) is 13.8. The second-order valence-corrected chi connectivity index (χ2v) is 6.90. The molecule has 0 aromatic heterocycles. The van der Waals surface area contributed by atoms with Crippen LogP contribution in [0.2, 0.25) is 0 Å². The SMILES string of the molecule is O=C(COC(=O)[C@@H]1[C@@H]2C[C@@H]3[C@@H]1C(=O)O[C@H]3C2)NNC(=O)c1ccccc1. The number of benzene rings is 1. The van der Waals surface area contributed by atoms with Crippen molar-refractivity contribution in [2.45, 2.75) is 18.9 Å². The van der Waals surface area contributed by atoms with Gasteiger partial charge in [0, 0.05) is 11.5 Å². The first-order valence-corrected chi connectivity index (χ1v) is 8.56. The van der Waals surface area contributed by atoms with E-state index >= 15 is 0 Å². The Morgan fingerprint density at radius 2 is 1.88 bits per heavy atom. The highest BCUT2D eigenvalue weighted by Crippen LogP contribution is 2.57. The van der Waals surface area contributed by atoms with E-state index in [0.29, 0.717) is 12.0 Å². The molecule has 26 heavy (non-hydrogen) atoms. The summed E-state index contributed by atoms with van der Waals surface area (Å²) >= 11 is 0. The Kier molecular flexibility index (Phi) is 4.10. The van der Waals surface area contributed by atoms with Gasteiger partial charge in [0.25, 0.3) is 11.8 Å². The van der Waals surface area contributed by atoms with Gasteiger partial charge in [-0.3, -0.25) is 30.0 Å². The van der Waals surface area contributed by atoms with Gasteiger partial charge in [0.15, 0.2) is 6.61 Å². The summed E-state index contributed by atoms with van der Waals surface area (Å²) in [7, 11) is 0. The minimum absolute atomic E-state index is 0.0574. The second kappa shape index (κ2) is 6.44. The minimum atomic E-state index is -0.655. The molecule has 1 aromatic carbocycles. The predicted octanol–water partition coefficient (Wildman–Crippen LogP) is 0.188. The van der Waals surface area contributed by atoms with Crippen molar-refractivity contribution in [2.75, 3.05) is 6.61 Å². The second-order valence-electron chi connectivity index (χ2n) is 6.90. The van der Waals surface area contributed by atoms with E-state index in [9.17, 15) is 19.2 Å². The monoisotopic (exact) mass is 358 g/mol. The maximum atomic E-state index is 12.3. The number of esters is 2. The highest BCUT2D eigenvalue weighted by Gasteiger charge is 2.64. The number of ether oxygens (including phenoxy) is 2. The molecule has 2 saturated carbocycles. The van der Waals surface area contributed by atoms with Gasteiger partial charge in [0.2, 0.25) is 0 Å². The molecule has 2 N–H and O–H groups in total. The van der Waals surface area contributed by atoms with Crippen LogP contribution in [0, 0.1) is 23.7 Å². The largest absolute Gasteiger partial charge is 0.462 e. The van der Waals surface area contributed by atoms with Crippen LogP contribution in [0.1, 0.15) is 23.2 Å². The number of hydrogen-bond acceptors (Lipinski definition) is 6. The summed E-state index contributed by atoms with van der Waals surface area (Å²) in [4.78, 5) is 47.8. The molecule has 1 aliphatic heterocycles. The Bertz CT molecular complexity index is 762. The van der Waals surface area contributed by atoms with Gasteiger partial charge in [-0.1, -0.05) is 18.2 Å². The Morgan fingerprint density at radius 1 is 1.12 bits per heavy atom. The Morgan fingerprint density at radius 3 is 2.65 bits per heavy atom. The van der Waals surface area contributed by atoms with Crippen LogP contribution >= 0.6 is 0 Å². The first-order valence-electron chi connectivity index (χ1n) is 8.56. The third-order valence-electron chi connectivity index (χ3n) is 5.45.